The molecule has 0 radical (unpaired) electrons. The van der Waals surface area contributed by atoms with Crippen LogP contribution < -0.4 is 16.8 Å². The molecular weight excluding hydrogens is 203 g/mol. The van der Waals surface area contributed by atoms with Crippen molar-refractivity contribution < 1.29 is 0 Å². The van der Waals surface area contributed by atoms with E-state index in [4.69, 9.17) is 11.5 Å². The number of nitrogen functional groups attached to an aromatic ring is 2. The van der Waals surface area contributed by atoms with Gasteiger partial charge in [0.25, 0.3) is 0 Å². The molecule has 1 atom stereocenters. The zero-order valence-electron chi connectivity index (χ0n) is 8.27. The van der Waals surface area contributed by atoms with Crippen molar-refractivity contribution in [3.8, 4) is 11.1 Å². The van der Waals surface area contributed by atoms with Crippen molar-refractivity contribution in [1.82, 2.24) is 0 Å². The van der Waals surface area contributed by atoms with Crippen LogP contribution in [0.4, 0.5) is 11.4 Å². The topological polar surface area (TPSA) is 52.0 Å². The van der Waals surface area contributed by atoms with Gasteiger partial charge in [-0.15, -0.1) is 9.24 Å². The van der Waals surface area contributed by atoms with Crippen molar-refractivity contribution in [2.45, 2.75) is 0 Å². The van der Waals surface area contributed by atoms with Crippen LogP contribution in [0.3, 0.4) is 0 Å². The lowest BCUT2D eigenvalue weighted by atomic mass is 10.0. The van der Waals surface area contributed by atoms with Gasteiger partial charge in [-0.3, -0.25) is 0 Å². The number of hydrogen-bond donors (Lipinski definition) is 2. The first-order valence-corrected chi connectivity index (χ1v) is 5.26. The van der Waals surface area contributed by atoms with E-state index in [0.717, 1.165) is 22.1 Å². The third-order valence-electron chi connectivity index (χ3n) is 2.37. The van der Waals surface area contributed by atoms with Gasteiger partial charge in [0.2, 0.25) is 0 Å². The predicted molar refractivity (Wildman–Crippen MR) is 70.0 cm³/mol. The number of benzene rings is 2. The molecule has 0 aliphatic heterocycles. The Hall–Kier alpha value is -1.53. The minimum absolute atomic E-state index is 0.713. The summed E-state index contributed by atoms with van der Waals surface area (Å²) in [6, 6.07) is 13.7. The highest BCUT2D eigenvalue weighted by Crippen LogP contribution is 2.30. The maximum absolute atomic E-state index is 6.01. The fraction of sp³-hybridized carbons (Fsp3) is 0. The molecule has 2 aromatic rings. The molecule has 1 unspecified atom stereocenters. The van der Waals surface area contributed by atoms with Crippen LogP contribution in [0.1, 0.15) is 0 Å². The Morgan fingerprint density at radius 1 is 0.867 bits per heavy atom. The number of hydrogen-bond acceptors (Lipinski definition) is 2. The molecule has 2 aromatic carbocycles. The second-order valence-electron chi connectivity index (χ2n) is 3.40. The first-order valence-electron chi connectivity index (χ1n) is 4.69. The molecule has 76 valence electrons. The van der Waals surface area contributed by atoms with E-state index in [1.165, 1.54) is 0 Å². The summed E-state index contributed by atoms with van der Waals surface area (Å²) < 4.78 is 0. The number of anilines is 2. The molecule has 0 fully saturated rings. The van der Waals surface area contributed by atoms with Gasteiger partial charge in [-0.2, -0.15) is 0 Å². The zero-order valence-corrected chi connectivity index (χ0v) is 9.43. The van der Waals surface area contributed by atoms with Crippen LogP contribution >= 0.6 is 9.24 Å². The van der Waals surface area contributed by atoms with Crippen LogP contribution in [0.5, 0.6) is 0 Å². The Morgan fingerprint density at radius 3 is 2.20 bits per heavy atom. The Labute approximate surface area is 91.5 Å². The fourth-order valence-electron chi connectivity index (χ4n) is 1.58. The van der Waals surface area contributed by atoms with Crippen molar-refractivity contribution >= 4 is 25.9 Å². The SMILES string of the molecule is Nc1ccc(P)c(N)c1-c1ccccc1. The van der Waals surface area contributed by atoms with E-state index in [1.54, 1.807) is 0 Å². The first-order chi connectivity index (χ1) is 7.20. The van der Waals surface area contributed by atoms with E-state index < -0.39 is 0 Å². The highest BCUT2D eigenvalue weighted by Gasteiger charge is 2.08. The second kappa shape index (κ2) is 3.92. The molecule has 4 N–H and O–H groups in total. The molecule has 0 saturated heterocycles. The lowest BCUT2D eigenvalue weighted by molar-refractivity contribution is 1.62. The molecule has 0 aliphatic carbocycles. The molecule has 0 spiro atoms. The van der Waals surface area contributed by atoms with Crippen molar-refractivity contribution in [2.24, 2.45) is 0 Å². The quantitative estimate of drug-likeness (QED) is 0.566. The van der Waals surface area contributed by atoms with E-state index in [1.807, 2.05) is 42.5 Å². The van der Waals surface area contributed by atoms with Gasteiger partial charge in [0, 0.05) is 16.9 Å². The van der Waals surface area contributed by atoms with Gasteiger partial charge in [0.15, 0.2) is 0 Å². The van der Waals surface area contributed by atoms with Gasteiger partial charge in [-0.25, -0.2) is 0 Å². The average molecular weight is 216 g/mol. The maximum Gasteiger partial charge on any atom is 0.0487 e. The lowest BCUT2D eigenvalue weighted by Crippen LogP contribution is -2.06. The number of nitrogens with two attached hydrogens (primary N) is 2. The molecular formula is C12H13N2P. The Bertz CT molecular complexity index is 480. The summed E-state index contributed by atoms with van der Waals surface area (Å²) in [6.07, 6.45) is 0. The van der Waals surface area contributed by atoms with E-state index in [0.29, 0.717) is 5.69 Å². The monoisotopic (exact) mass is 216 g/mol. The van der Waals surface area contributed by atoms with Crippen molar-refractivity contribution in [1.29, 1.82) is 0 Å². The van der Waals surface area contributed by atoms with Crippen LogP contribution in [-0.4, -0.2) is 0 Å². The Kier molecular flexibility index (Phi) is 2.61. The van der Waals surface area contributed by atoms with Gasteiger partial charge in [-0.05, 0) is 16.9 Å². The van der Waals surface area contributed by atoms with Crippen LogP contribution in [0, 0.1) is 0 Å². The molecule has 2 nitrogen and oxygen atoms in total. The largest absolute Gasteiger partial charge is 0.398 e. The standard InChI is InChI=1S/C12H13N2P/c13-9-6-7-10(15)12(14)11(9)8-4-2-1-3-5-8/h1-7H,13-15H2. The first kappa shape index (κ1) is 10.0. The third-order valence-corrected chi connectivity index (χ3v) is 2.88. The summed E-state index contributed by atoms with van der Waals surface area (Å²) in [5, 5.41) is 0.975. The summed E-state index contributed by atoms with van der Waals surface area (Å²) in [7, 11) is 2.61. The lowest BCUT2D eigenvalue weighted by Gasteiger charge is -2.11. The van der Waals surface area contributed by atoms with Gasteiger partial charge >= 0.3 is 0 Å². The van der Waals surface area contributed by atoms with E-state index in [-0.39, 0.29) is 0 Å². The molecule has 0 aliphatic rings. The summed E-state index contributed by atoms with van der Waals surface area (Å²) in [5.41, 5.74) is 15.4. The Morgan fingerprint density at radius 2 is 1.53 bits per heavy atom. The smallest absolute Gasteiger partial charge is 0.0487 e. The van der Waals surface area contributed by atoms with Crippen molar-refractivity contribution in [3.05, 3.63) is 42.5 Å². The third kappa shape index (κ3) is 1.81. The summed E-state index contributed by atoms with van der Waals surface area (Å²) >= 11 is 0. The van der Waals surface area contributed by atoms with Crippen LogP contribution in [0.2, 0.25) is 0 Å². The minimum atomic E-state index is 0.713. The van der Waals surface area contributed by atoms with Gasteiger partial charge in [0.05, 0.1) is 0 Å². The van der Waals surface area contributed by atoms with E-state index in [9.17, 15) is 0 Å². The molecule has 0 aromatic heterocycles. The summed E-state index contributed by atoms with van der Waals surface area (Å²) in [4.78, 5) is 0. The molecule has 0 bridgehead atoms. The molecule has 0 saturated carbocycles. The summed E-state index contributed by atoms with van der Waals surface area (Å²) in [5.74, 6) is 0. The molecule has 2 rings (SSSR count). The normalized spacial score (nSPS) is 10.2. The maximum atomic E-state index is 6.01. The van der Waals surface area contributed by atoms with Crippen LogP contribution in [0.15, 0.2) is 42.5 Å². The van der Waals surface area contributed by atoms with Crippen molar-refractivity contribution in [2.75, 3.05) is 11.5 Å². The minimum Gasteiger partial charge on any atom is -0.398 e. The molecule has 3 heteroatoms. The van der Waals surface area contributed by atoms with Gasteiger partial charge in [-0.1, -0.05) is 36.4 Å². The molecule has 0 amide bonds. The molecule has 0 heterocycles. The van der Waals surface area contributed by atoms with Crippen LogP contribution in [0.25, 0.3) is 11.1 Å². The van der Waals surface area contributed by atoms with Gasteiger partial charge < -0.3 is 11.5 Å². The van der Waals surface area contributed by atoms with Crippen molar-refractivity contribution in [3.63, 3.8) is 0 Å². The fourth-order valence-corrected chi connectivity index (χ4v) is 1.82. The Balaban J connectivity index is 2.68. The highest BCUT2D eigenvalue weighted by molar-refractivity contribution is 7.28. The van der Waals surface area contributed by atoms with Crippen LogP contribution in [-0.2, 0) is 0 Å². The zero-order chi connectivity index (χ0) is 10.8. The van der Waals surface area contributed by atoms with E-state index in [2.05, 4.69) is 9.24 Å². The predicted octanol–water partition coefficient (Wildman–Crippen LogP) is 2.02. The van der Waals surface area contributed by atoms with E-state index >= 15 is 0 Å². The average Bonchev–Trinajstić information content (AvgIpc) is 2.26. The number of rotatable bonds is 1. The molecule has 15 heavy (non-hydrogen) atoms. The second-order valence-corrected chi connectivity index (χ2v) is 4.02. The summed E-state index contributed by atoms with van der Waals surface area (Å²) in [6.45, 7) is 0. The van der Waals surface area contributed by atoms with Gasteiger partial charge in [0.1, 0.15) is 0 Å². The highest BCUT2D eigenvalue weighted by atomic mass is 31.0.